The Morgan fingerprint density at radius 2 is 1.67 bits per heavy atom. The van der Waals surface area contributed by atoms with Gasteiger partial charge in [-0.15, -0.1) is 0 Å². The second-order valence-corrected chi connectivity index (χ2v) is 5.99. The Kier molecular flexibility index (Phi) is 5.71. The van der Waals surface area contributed by atoms with Gasteiger partial charge in [0.15, 0.2) is 6.10 Å². The normalized spacial score (nSPS) is 11.6. The van der Waals surface area contributed by atoms with Crippen molar-refractivity contribution < 1.29 is 19.1 Å². The summed E-state index contributed by atoms with van der Waals surface area (Å²) < 4.78 is 10.9. The summed E-state index contributed by atoms with van der Waals surface area (Å²) >= 11 is 0. The molecule has 5 heteroatoms. The highest BCUT2D eigenvalue weighted by molar-refractivity contribution is 6.05. The molecule has 0 aromatic heterocycles. The van der Waals surface area contributed by atoms with Crippen molar-refractivity contribution in [2.24, 2.45) is 0 Å². The highest BCUT2D eigenvalue weighted by Gasteiger charge is 2.21. The first-order chi connectivity index (χ1) is 13.1. The summed E-state index contributed by atoms with van der Waals surface area (Å²) in [6.45, 7) is 3.90. The summed E-state index contributed by atoms with van der Waals surface area (Å²) in [5, 5.41) is 4.48. The summed E-state index contributed by atoms with van der Waals surface area (Å²) in [5.74, 6) is -0.385. The van der Waals surface area contributed by atoms with E-state index < -0.39 is 18.0 Å². The van der Waals surface area contributed by atoms with E-state index in [0.29, 0.717) is 23.6 Å². The van der Waals surface area contributed by atoms with Gasteiger partial charge in [0.05, 0.1) is 17.9 Å². The fourth-order valence-corrected chi connectivity index (χ4v) is 2.77. The number of nitrogens with one attached hydrogen (secondary N) is 1. The van der Waals surface area contributed by atoms with Gasteiger partial charge in [0.1, 0.15) is 5.75 Å². The zero-order valence-electron chi connectivity index (χ0n) is 15.3. The van der Waals surface area contributed by atoms with Crippen LogP contribution in [-0.4, -0.2) is 24.6 Å². The Morgan fingerprint density at radius 3 is 2.48 bits per heavy atom. The molecule has 3 rings (SSSR count). The molecule has 27 heavy (non-hydrogen) atoms. The van der Waals surface area contributed by atoms with Crippen LogP contribution in [0.1, 0.15) is 24.2 Å². The van der Waals surface area contributed by atoms with Crippen LogP contribution in [0.15, 0.2) is 66.7 Å². The molecule has 0 fully saturated rings. The van der Waals surface area contributed by atoms with Gasteiger partial charge in [-0.2, -0.15) is 0 Å². The molecule has 0 heterocycles. The molecule has 0 radical (unpaired) electrons. The molecule has 3 aromatic rings. The standard InChI is InChI=1S/C22H21NO4/c1-3-26-20-14-7-6-13-19(20)23-21(24)15(2)27-22(25)18-12-8-10-16-9-4-5-11-17(16)18/h4-15H,3H2,1-2H3,(H,23,24)/t15-/m0/s1. The number of amides is 1. The highest BCUT2D eigenvalue weighted by atomic mass is 16.5. The van der Waals surface area contributed by atoms with Crippen molar-refractivity contribution >= 4 is 28.3 Å². The van der Waals surface area contributed by atoms with Gasteiger partial charge < -0.3 is 14.8 Å². The fraction of sp³-hybridized carbons (Fsp3) is 0.182. The van der Waals surface area contributed by atoms with E-state index in [1.165, 1.54) is 0 Å². The second kappa shape index (κ2) is 8.36. The minimum atomic E-state index is -0.953. The summed E-state index contributed by atoms with van der Waals surface area (Å²) in [4.78, 5) is 25.0. The summed E-state index contributed by atoms with van der Waals surface area (Å²) in [7, 11) is 0. The lowest BCUT2D eigenvalue weighted by molar-refractivity contribution is -0.123. The van der Waals surface area contributed by atoms with Gasteiger partial charge in [0.25, 0.3) is 5.91 Å². The van der Waals surface area contributed by atoms with E-state index >= 15 is 0 Å². The molecule has 0 saturated carbocycles. The van der Waals surface area contributed by atoms with E-state index in [-0.39, 0.29) is 0 Å². The molecule has 1 atom stereocenters. The van der Waals surface area contributed by atoms with Crippen molar-refractivity contribution in [3.8, 4) is 5.75 Å². The van der Waals surface area contributed by atoms with Crippen molar-refractivity contribution in [1.29, 1.82) is 0 Å². The van der Waals surface area contributed by atoms with Gasteiger partial charge in [-0.3, -0.25) is 4.79 Å². The molecule has 0 aliphatic heterocycles. The van der Waals surface area contributed by atoms with Gasteiger partial charge in [-0.1, -0.05) is 48.5 Å². The molecule has 0 aliphatic rings. The Labute approximate surface area is 157 Å². The number of carbonyl (C=O) groups excluding carboxylic acids is 2. The number of esters is 1. The van der Waals surface area contributed by atoms with Crippen LogP contribution in [0, 0.1) is 0 Å². The van der Waals surface area contributed by atoms with Gasteiger partial charge in [-0.05, 0) is 42.8 Å². The van der Waals surface area contributed by atoms with Crippen molar-refractivity contribution in [2.45, 2.75) is 20.0 Å². The molecule has 5 nitrogen and oxygen atoms in total. The van der Waals surface area contributed by atoms with Crippen molar-refractivity contribution in [2.75, 3.05) is 11.9 Å². The first kappa shape index (κ1) is 18.5. The average molecular weight is 363 g/mol. The zero-order valence-corrected chi connectivity index (χ0v) is 15.3. The highest BCUT2D eigenvalue weighted by Crippen LogP contribution is 2.24. The van der Waals surface area contributed by atoms with Crippen LogP contribution in [0.2, 0.25) is 0 Å². The van der Waals surface area contributed by atoms with Crippen LogP contribution in [-0.2, 0) is 9.53 Å². The maximum Gasteiger partial charge on any atom is 0.339 e. The van der Waals surface area contributed by atoms with Crippen molar-refractivity contribution in [3.63, 3.8) is 0 Å². The molecular weight excluding hydrogens is 342 g/mol. The smallest absolute Gasteiger partial charge is 0.339 e. The van der Waals surface area contributed by atoms with Crippen LogP contribution in [0.25, 0.3) is 10.8 Å². The average Bonchev–Trinajstić information content (AvgIpc) is 2.69. The van der Waals surface area contributed by atoms with Gasteiger partial charge in [0, 0.05) is 0 Å². The molecule has 138 valence electrons. The number of hydrogen-bond donors (Lipinski definition) is 1. The molecule has 3 aromatic carbocycles. The quantitative estimate of drug-likeness (QED) is 0.658. The number of rotatable bonds is 6. The number of carbonyl (C=O) groups is 2. The van der Waals surface area contributed by atoms with E-state index in [1.807, 2.05) is 43.3 Å². The van der Waals surface area contributed by atoms with Crippen LogP contribution in [0.5, 0.6) is 5.75 Å². The van der Waals surface area contributed by atoms with E-state index in [9.17, 15) is 9.59 Å². The summed E-state index contributed by atoms with van der Waals surface area (Å²) in [6.07, 6.45) is -0.953. The molecule has 0 aliphatic carbocycles. The van der Waals surface area contributed by atoms with Crippen LogP contribution >= 0.6 is 0 Å². The SMILES string of the molecule is CCOc1ccccc1NC(=O)[C@H](C)OC(=O)c1cccc2ccccc12. The largest absolute Gasteiger partial charge is 0.492 e. The van der Waals surface area contributed by atoms with Gasteiger partial charge >= 0.3 is 5.97 Å². The maximum atomic E-state index is 12.6. The predicted molar refractivity (Wildman–Crippen MR) is 105 cm³/mol. The Balaban J connectivity index is 1.72. The maximum absolute atomic E-state index is 12.6. The minimum absolute atomic E-state index is 0.421. The molecule has 0 saturated heterocycles. The van der Waals surface area contributed by atoms with Crippen molar-refractivity contribution in [3.05, 3.63) is 72.3 Å². The lowest BCUT2D eigenvalue weighted by Crippen LogP contribution is -2.30. The number of benzene rings is 3. The molecule has 0 unspecified atom stereocenters. The van der Waals surface area contributed by atoms with E-state index in [4.69, 9.17) is 9.47 Å². The monoisotopic (exact) mass is 363 g/mol. The lowest BCUT2D eigenvalue weighted by Gasteiger charge is -2.16. The molecule has 1 amide bonds. The van der Waals surface area contributed by atoms with Crippen LogP contribution < -0.4 is 10.1 Å². The number of hydrogen-bond acceptors (Lipinski definition) is 4. The van der Waals surface area contributed by atoms with Crippen LogP contribution in [0.3, 0.4) is 0 Å². The first-order valence-electron chi connectivity index (χ1n) is 8.81. The molecule has 0 spiro atoms. The second-order valence-electron chi connectivity index (χ2n) is 5.99. The van der Waals surface area contributed by atoms with Crippen LogP contribution in [0.4, 0.5) is 5.69 Å². The third-order valence-electron chi connectivity index (χ3n) is 4.11. The number of ether oxygens (including phenoxy) is 2. The Hall–Kier alpha value is -3.34. The molecule has 0 bridgehead atoms. The van der Waals surface area contributed by atoms with Gasteiger partial charge in [-0.25, -0.2) is 4.79 Å². The minimum Gasteiger partial charge on any atom is -0.492 e. The fourth-order valence-electron chi connectivity index (χ4n) is 2.77. The first-order valence-corrected chi connectivity index (χ1v) is 8.81. The molecule has 1 N–H and O–H groups in total. The Bertz CT molecular complexity index is 962. The predicted octanol–water partition coefficient (Wildman–Crippen LogP) is 4.42. The number of anilines is 1. The van der Waals surface area contributed by atoms with E-state index in [0.717, 1.165) is 10.8 Å². The van der Waals surface area contributed by atoms with Crippen molar-refractivity contribution in [1.82, 2.24) is 0 Å². The summed E-state index contributed by atoms with van der Waals surface area (Å²) in [5.41, 5.74) is 0.972. The van der Waals surface area contributed by atoms with E-state index in [2.05, 4.69) is 5.32 Å². The lowest BCUT2D eigenvalue weighted by atomic mass is 10.0. The summed E-state index contributed by atoms with van der Waals surface area (Å²) in [6, 6.07) is 20.1. The topological polar surface area (TPSA) is 64.6 Å². The van der Waals surface area contributed by atoms with Gasteiger partial charge in [0.2, 0.25) is 0 Å². The van der Waals surface area contributed by atoms with E-state index in [1.54, 1.807) is 37.3 Å². The third-order valence-corrected chi connectivity index (χ3v) is 4.11. The third kappa shape index (κ3) is 4.26. The zero-order chi connectivity index (χ0) is 19.2. The molecular formula is C22H21NO4. The number of para-hydroxylation sites is 2. The number of fused-ring (bicyclic) bond motifs is 1. The Morgan fingerprint density at radius 1 is 0.963 bits per heavy atom.